The molecule has 0 unspecified atom stereocenters. The molecule has 102 valence electrons. The van der Waals surface area contributed by atoms with E-state index in [1.54, 1.807) is 23.6 Å². The van der Waals surface area contributed by atoms with Crippen LogP contribution in [-0.2, 0) is 4.79 Å². The third kappa shape index (κ3) is 4.93. The minimum atomic E-state index is -0.183. The molecule has 0 saturated carbocycles. The molecule has 0 fully saturated rings. The number of carbonyl (C=O) groups is 1. The molecule has 0 aliphatic heterocycles. The number of carbonyl (C=O) groups excluding carboxylic acids is 1. The summed E-state index contributed by atoms with van der Waals surface area (Å²) in [4.78, 5) is 12.6. The average molecular weight is 324 g/mol. The first-order chi connectivity index (χ1) is 9.63. The van der Waals surface area contributed by atoms with Gasteiger partial charge in [0.05, 0.1) is 0 Å². The molecule has 2 rings (SSSR count). The lowest BCUT2D eigenvalue weighted by Crippen LogP contribution is -2.07. The lowest BCUT2D eigenvalue weighted by molar-refractivity contribution is -0.111. The topological polar surface area (TPSA) is 29.1 Å². The van der Waals surface area contributed by atoms with E-state index in [1.807, 2.05) is 30.3 Å². The number of hydrogen-bond acceptors (Lipinski definition) is 2. The van der Waals surface area contributed by atoms with Gasteiger partial charge in [-0.3, -0.25) is 4.79 Å². The van der Waals surface area contributed by atoms with Crippen LogP contribution in [-0.4, -0.2) is 5.91 Å². The van der Waals surface area contributed by atoms with Gasteiger partial charge in [0, 0.05) is 26.7 Å². The maximum atomic E-state index is 11.7. The summed E-state index contributed by atoms with van der Waals surface area (Å²) in [5.41, 5.74) is 0.762. The molecule has 0 aliphatic rings. The van der Waals surface area contributed by atoms with Crippen LogP contribution in [0, 0.1) is 0 Å². The summed E-state index contributed by atoms with van der Waals surface area (Å²) >= 11 is 13.2. The molecule has 2 aromatic carbocycles. The van der Waals surface area contributed by atoms with Gasteiger partial charge in [0.15, 0.2) is 0 Å². The third-order valence-corrected chi connectivity index (χ3v) is 3.52. The average Bonchev–Trinajstić information content (AvgIpc) is 2.38. The lowest BCUT2D eigenvalue weighted by Gasteiger charge is -2.01. The zero-order valence-electron chi connectivity index (χ0n) is 10.3. The highest BCUT2D eigenvalue weighted by Crippen LogP contribution is 2.27. The van der Waals surface area contributed by atoms with Crippen LogP contribution in [0.1, 0.15) is 0 Å². The predicted molar refractivity (Wildman–Crippen MR) is 86.5 cm³/mol. The largest absolute Gasteiger partial charge is 0.322 e. The molecular weight excluding hydrogens is 313 g/mol. The zero-order chi connectivity index (χ0) is 14.4. The van der Waals surface area contributed by atoms with E-state index in [1.165, 1.54) is 17.8 Å². The van der Waals surface area contributed by atoms with Crippen LogP contribution < -0.4 is 5.32 Å². The Hall–Kier alpha value is -1.42. The van der Waals surface area contributed by atoms with Crippen molar-refractivity contribution >= 4 is 46.6 Å². The number of amides is 1. The second-order valence-corrected chi connectivity index (χ2v) is 5.73. The molecule has 2 aromatic rings. The fourth-order valence-corrected chi connectivity index (χ4v) is 2.87. The predicted octanol–water partition coefficient (Wildman–Crippen LogP) is 5.24. The fraction of sp³-hybridized carbons (Fsp3) is 0. The first kappa shape index (κ1) is 15.0. The summed E-state index contributed by atoms with van der Waals surface area (Å²) < 4.78 is 0. The van der Waals surface area contributed by atoms with Gasteiger partial charge >= 0.3 is 0 Å². The molecular formula is C15H11Cl2NOS. The normalized spacial score (nSPS) is 10.7. The van der Waals surface area contributed by atoms with Gasteiger partial charge in [0.1, 0.15) is 0 Å². The van der Waals surface area contributed by atoms with E-state index in [2.05, 4.69) is 5.32 Å². The van der Waals surface area contributed by atoms with E-state index in [9.17, 15) is 4.79 Å². The van der Waals surface area contributed by atoms with E-state index in [0.29, 0.717) is 10.0 Å². The Labute approximate surface area is 131 Å². The number of halogens is 2. The molecule has 20 heavy (non-hydrogen) atoms. The summed E-state index contributed by atoms with van der Waals surface area (Å²) in [5.74, 6) is -0.183. The number of nitrogens with one attached hydrogen (secondary N) is 1. The Morgan fingerprint density at radius 2 is 1.70 bits per heavy atom. The standard InChI is InChI=1S/C15H11Cl2NOS/c16-11-8-12(17)10-14(9-11)20-7-6-15(19)18-13-4-2-1-3-5-13/h1-10H,(H,18,19)/b7-6+. The van der Waals surface area contributed by atoms with E-state index in [-0.39, 0.29) is 5.91 Å². The number of anilines is 1. The lowest BCUT2D eigenvalue weighted by atomic mass is 10.3. The molecule has 2 nitrogen and oxygen atoms in total. The highest BCUT2D eigenvalue weighted by atomic mass is 35.5. The summed E-state index contributed by atoms with van der Waals surface area (Å²) in [6.07, 6.45) is 1.46. The maximum absolute atomic E-state index is 11.7. The Kier molecular flexibility index (Phi) is 5.53. The summed E-state index contributed by atoms with van der Waals surface area (Å²) in [6, 6.07) is 14.5. The summed E-state index contributed by atoms with van der Waals surface area (Å²) in [5, 5.41) is 5.60. The van der Waals surface area contributed by atoms with Crippen molar-refractivity contribution in [1.82, 2.24) is 0 Å². The Morgan fingerprint density at radius 3 is 2.35 bits per heavy atom. The Morgan fingerprint density at radius 1 is 1.05 bits per heavy atom. The molecule has 1 N–H and O–H groups in total. The first-order valence-electron chi connectivity index (χ1n) is 5.79. The molecule has 0 bridgehead atoms. The van der Waals surface area contributed by atoms with Crippen LogP contribution in [0.2, 0.25) is 10.0 Å². The van der Waals surface area contributed by atoms with Crippen molar-refractivity contribution in [3.63, 3.8) is 0 Å². The van der Waals surface area contributed by atoms with Crippen molar-refractivity contribution < 1.29 is 4.79 Å². The second-order valence-electron chi connectivity index (χ2n) is 3.88. The van der Waals surface area contributed by atoms with Gasteiger partial charge in [-0.1, -0.05) is 53.2 Å². The molecule has 0 atom stereocenters. The molecule has 0 aliphatic carbocycles. The van der Waals surface area contributed by atoms with Gasteiger partial charge in [-0.2, -0.15) is 0 Å². The molecule has 0 saturated heterocycles. The van der Waals surface area contributed by atoms with Crippen LogP contribution in [0.15, 0.2) is 64.9 Å². The van der Waals surface area contributed by atoms with Crippen molar-refractivity contribution in [2.24, 2.45) is 0 Å². The van der Waals surface area contributed by atoms with Crippen LogP contribution >= 0.6 is 35.0 Å². The Bertz CT molecular complexity index is 609. The molecule has 0 aromatic heterocycles. The monoisotopic (exact) mass is 323 g/mol. The van der Waals surface area contributed by atoms with Crippen molar-refractivity contribution in [3.8, 4) is 0 Å². The quantitative estimate of drug-likeness (QED) is 0.616. The number of thioether (sulfide) groups is 1. The second kappa shape index (κ2) is 7.39. The smallest absolute Gasteiger partial charge is 0.248 e. The van der Waals surface area contributed by atoms with E-state index in [0.717, 1.165) is 10.6 Å². The molecule has 0 radical (unpaired) electrons. The SMILES string of the molecule is O=C(/C=C/Sc1cc(Cl)cc(Cl)c1)Nc1ccccc1. The summed E-state index contributed by atoms with van der Waals surface area (Å²) in [6.45, 7) is 0. The van der Waals surface area contributed by atoms with Crippen LogP contribution in [0.25, 0.3) is 0 Å². The van der Waals surface area contributed by atoms with Gasteiger partial charge in [-0.05, 0) is 35.7 Å². The Balaban J connectivity index is 1.91. The van der Waals surface area contributed by atoms with Crippen LogP contribution in [0.3, 0.4) is 0 Å². The fourth-order valence-electron chi connectivity index (χ4n) is 1.48. The van der Waals surface area contributed by atoms with Crippen molar-refractivity contribution in [2.75, 3.05) is 5.32 Å². The third-order valence-electron chi connectivity index (χ3n) is 2.30. The molecule has 0 spiro atoms. The van der Waals surface area contributed by atoms with Crippen LogP contribution in [0.4, 0.5) is 5.69 Å². The molecule has 0 heterocycles. The number of para-hydroxylation sites is 1. The number of rotatable bonds is 4. The van der Waals surface area contributed by atoms with Gasteiger partial charge in [-0.25, -0.2) is 0 Å². The van der Waals surface area contributed by atoms with Crippen molar-refractivity contribution in [1.29, 1.82) is 0 Å². The first-order valence-corrected chi connectivity index (χ1v) is 7.42. The highest BCUT2D eigenvalue weighted by Gasteiger charge is 1.99. The van der Waals surface area contributed by atoms with Gasteiger partial charge in [-0.15, -0.1) is 0 Å². The summed E-state index contributed by atoms with van der Waals surface area (Å²) in [7, 11) is 0. The molecule has 5 heteroatoms. The van der Waals surface area contributed by atoms with Crippen molar-refractivity contribution in [2.45, 2.75) is 4.90 Å². The van der Waals surface area contributed by atoms with E-state index >= 15 is 0 Å². The van der Waals surface area contributed by atoms with Crippen LogP contribution in [0.5, 0.6) is 0 Å². The van der Waals surface area contributed by atoms with Gasteiger partial charge < -0.3 is 5.32 Å². The van der Waals surface area contributed by atoms with Gasteiger partial charge in [0.2, 0.25) is 5.91 Å². The zero-order valence-corrected chi connectivity index (χ0v) is 12.7. The number of hydrogen-bond donors (Lipinski definition) is 1. The maximum Gasteiger partial charge on any atom is 0.248 e. The molecule has 1 amide bonds. The highest BCUT2D eigenvalue weighted by molar-refractivity contribution is 8.02. The minimum Gasteiger partial charge on any atom is -0.322 e. The van der Waals surface area contributed by atoms with E-state index in [4.69, 9.17) is 23.2 Å². The van der Waals surface area contributed by atoms with Crippen molar-refractivity contribution in [3.05, 3.63) is 70.1 Å². The van der Waals surface area contributed by atoms with Gasteiger partial charge in [0.25, 0.3) is 0 Å². The number of benzene rings is 2. The van der Waals surface area contributed by atoms with E-state index < -0.39 is 0 Å². The minimum absolute atomic E-state index is 0.183.